The molecule has 0 saturated heterocycles. The summed E-state index contributed by atoms with van der Waals surface area (Å²) in [4.78, 5) is 0. The van der Waals surface area contributed by atoms with Crippen LogP contribution in [0.25, 0.3) is 0 Å². The van der Waals surface area contributed by atoms with Gasteiger partial charge in [-0.05, 0) is 55.0 Å². The average molecular weight is 254 g/mol. The molecular formula is C14H20ClNO. The first-order valence-electron chi connectivity index (χ1n) is 6.29. The van der Waals surface area contributed by atoms with Crippen LogP contribution in [0.3, 0.4) is 0 Å². The van der Waals surface area contributed by atoms with E-state index in [-0.39, 0.29) is 0 Å². The Morgan fingerprint density at radius 2 is 2.12 bits per heavy atom. The first kappa shape index (κ1) is 12.7. The lowest BCUT2D eigenvalue weighted by Crippen LogP contribution is -2.25. The van der Waals surface area contributed by atoms with Crippen molar-refractivity contribution in [3.8, 4) is 5.75 Å². The molecule has 2 unspecified atom stereocenters. The number of halogens is 1. The fraction of sp³-hybridized carbons (Fsp3) is 0.571. The molecule has 0 heterocycles. The summed E-state index contributed by atoms with van der Waals surface area (Å²) in [6.45, 7) is 0.750. The molecule has 2 N–H and O–H groups in total. The van der Waals surface area contributed by atoms with Gasteiger partial charge in [-0.3, -0.25) is 0 Å². The van der Waals surface area contributed by atoms with E-state index in [0.29, 0.717) is 11.8 Å². The largest absolute Gasteiger partial charge is 0.496 e. The lowest BCUT2D eigenvalue weighted by Gasteiger charge is -2.32. The SMILES string of the molecule is COc1ccc(Cl)cc1C1CCCCC1CN. The topological polar surface area (TPSA) is 35.2 Å². The van der Waals surface area contributed by atoms with Crippen molar-refractivity contribution >= 4 is 11.6 Å². The monoisotopic (exact) mass is 253 g/mol. The number of hydrogen-bond acceptors (Lipinski definition) is 2. The highest BCUT2D eigenvalue weighted by Gasteiger charge is 2.27. The Labute approximate surface area is 108 Å². The van der Waals surface area contributed by atoms with E-state index in [4.69, 9.17) is 22.1 Å². The Morgan fingerprint density at radius 1 is 1.35 bits per heavy atom. The number of hydrogen-bond donors (Lipinski definition) is 1. The van der Waals surface area contributed by atoms with Gasteiger partial charge < -0.3 is 10.5 Å². The Bertz CT molecular complexity index is 380. The van der Waals surface area contributed by atoms with E-state index in [0.717, 1.165) is 17.3 Å². The molecule has 0 aliphatic heterocycles. The number of ether oxygens (including phenoxy) is 1. The van der Waals surface area contributed by atoms with E-state index in [9.17, 15) is 0 Å². The smallest absolute Gasteiger partial charge is 0.122 e. The van der Waals surface area contributed by atoms with Crippen LogP contribution in [0.15, 0.2) is 18.2 Å². The van der Waals surface area contributed by atoms with Gasteiger partial charge in [-0.2, -0.15) is 0 Å². The molecule has 3 heteroatoms. The minimum Gasteiger partial charge on any atom is -0.496 e. The van der Waals surface area contributed by atoms with E-state index in [1.54, 1.807) is 7.11 Å². The van der Waals surface area contributed by atoms with Gasteiger partial charge in [0, 0.05) is 5.02 Å². The van der Waals surface area contributed by atoms with Gasteiger partial charge in [0.2, 0.25) is 0 Å². The zero-order valence-electron chi connectivity index (χ0n) is 10.3. The molecular weight excluding hydrogens is 234 g/mol. The summed E-state index contributed by atoms with van der Waals surface area (Å²) < 4.78 is 5.45. The zero-order valence-corrected chi connectivity index (χ0v) is 11.0. The van der Waals surface area contributed by atoms with Crippen LogP contribution in [-0.2, 0) is 0 Å². The predicted molar refractivity (Wildman–Crippen MR) is 71.8 cm³/mol. The molecule has 1 aromatic rings. The second-order valence-electron chi connectivity index (χ2n) is 4.77. The highest BCUT2D eigenvalue weighted by atomic mass is 35.5. The van der Waals surface area contributed by atoms with Gasteiger partial charge >= 0.3 is 0 Å². The summed E-state index contributed by atoms with van der Waals surface area (Å²) in [5, 5.41) is 0.780. The molecule has 1 aromatic carbocycles. The van der Waals surface area contributed by atoms with Crippen molar-refractivity contribution in [1.82, 2.24) is 0 Å². The third-order valence-corrected chi connectivity index (χ3v) is 4.04. The zero-order chi connectivity index (χ0) is 12.3. The van der Waals surface area contributed by atoms with Gasteiger partial charge in [-0.15, -0.1) is 0 Å². The predicted octanol–water partition coefficient (Wildman–Crippen LogP) is 3.58. The maximum Gasteiger partial charge on any atom is 0.122 e. The Morgan fingerprint density at radius 3 is 2.82 bits per heavy atom. The van der Waals surface area contributed by atoms with Crippen molar-refractivity contribution in [1.29, 1.82) is 0 Å². The summed E-state index contributed by atoms with van der Waals surface area (Å²) in [6, 6.07) is 5.88. The van der Waals surface area contributed by atoms with E-state index in [1.807, 2.05) is 18.2 Å². The fourth-order valence-corrected chi connectivity index (χ4v) is 3.07. The van der Waals surface area contributed by atoms with Crippen molar-refractivity contribution < 1.29 is 4.74 Å². The molecule has 0 bridgehead atoms. The molecule has 17 heavy (non-hydrogen) atoms. The molecule has 0 amide bonds. The first-order valence-corrected chi connectivity index (χ1v) is 6.67. The third-order valence-electron chi connectivity index (χ3n) is 3.80. The van der Waals surface area contributed by atoms with Crippen LogP contribution in [0.4, 0.5) is 0 Å². The fourth-order valence-electron chi connectivity index (χ4n) is 2.89. The first-order chi connectivity index (χ1) is 8.26. The molecule has 1 aliphatic carbocycles. The lowest BCUT2D eigenvalue weighted by molar-refractivity contribution is 0.304. The van der Waals surface area contributed by atoms with Gasteiger partial charge in [0.1, 0.15) is 5.75 Å². The lowest BCUT2D eigenvalue weighted by atomic mass is 9.75. The third kappa shape index (κ3) is 2.75. The Balaban J connectivity index is 2.33. The van der Waals surface area contributed by atoms with Gasteiger partial charge in [-0.1, -0.05) is 24.4 Å². The maximum absolute atomic E-state index is 6.10. The number of nitrogens with two attached hydrogens (primary N) is 1. The molecule has 2 rings (SSSR count). The normalized spacial score (nSPS) is 24.6. The number of methoxy groups -OCH3 is 1. The highest BCUT2D eigenvalue weighted by Crippen LogP contribution is 2.41. The van der Waals surface area contributed by atoms with Crippen LogP contribution in [0, 0.1) is 5.92 Å². The van der Waals surface area contributed by atoms with Crippen LogP contribution in [0.5, 0.6) is 5.75 Å². The van der Waals surface area contributed by atoms with E-state index in [2.05, 4.69) is 0 Å². The van der Waals surface area contributed by atoms with E-state index in [1.165, 1.54) is 31.2 Å². The van der Waals surface area contributed by atoms with Crippen LogP contribution in [-0.4, -0.2) is 13.7 Å². The second-order valence-corrected chi connectivity index (χ2v) is 5.21. The molecule has 1 aliphatic rings. The summed E-state index contributed by atoms with van der Waals surface area (Å²) in [5.74, 6) is 2.01. The minimum absolute atomic E-state index is 0.502. The van der Waals surface area contributed by atoms with Crippen molar-refractivity contribution in [3.63, 3.8) is 0 Å². The molecule has 0 aromatic heterocycles. The van der Waals surface area contributed by atoms with Crippen molar-refractivity contribution in [2.45, 2.75) is 31.6 Å². The second kappa shape index (κ2) is 5.74. The maximum atomic E-state index is 6.10. The molecule has 2 atom stereocenters. The van der Waals surface area contributed by atoms with Gasteiger partial charge in [0.05, 0.1) is 7.11 Å². The number of benzene rings is 1. The quantitative estimate of drug-likeness (QED) is 0.894. The Kier molecular flexibility index (Phi) is 4.30. The molecule has 94 valence electrons. The van der Waals surface area contributed by atoms with Crippen molar-refractivity contribution in [2.24, 2.45) is 11.7 Å². The molecule has 0 spiro atoms. The van der Waals surface area contributed by atoms with Crippen LogP contribution in [0.1, 0.15) is 37.2 Å². The number of rotatable bonds is 3. The molecule has 0 radical (unpaired) electrons. The highest BCUT2D eigenvalue weighted by molar-refractivity contribution is 6.30. The standard InChI is InChI=1S/C14H20ClNO/c1-17-14-7-6-11(15)8-13(14)12-5-3-2-4-10(12)9-16/h6-8,10,12H,2-5,9,16H2,1H3. The van der Waals surface area contributed by atoms with Crippen LogP contribution < -0.4 is 10.5 Å². The summed E-state index contributed by atoms with van der Waals surface area (Å²) >= 11 is 6.10. The summed E-state index contributed by atoms with van der Waals surface area (Å²) in [5.41, 5.74) is 7.12. The minimum atomic E-state index is 0.502. The van der Waals surface area contributed by atoms with E-state index < -0.39 is 0 Å². The average Bonchev–Trinajstić information content (AvgIpc) is 2.38. The molecule has 2 nitrogen and oxygen atoms in total. The van der Waals surface area contributed by atoms with Gasteiger partial charge in [-0.25, -0.2) is 0 Å². The van der Waals surface area contributed by atoms with Crippen LogP contribution in [0.2, 0.25) is 5.02 Å². The van der Waals surface area contributed by atoms with Gasteiger partial charge in [0.15, 0.2) is 0 Å². The van der Waals surface area contributed by atoms with Gasteiger partial charge in [0.25, 0.3) is 0 Å². The Hall–Kier alpha value is -0.730. The molecule has 1 fully saturated rings. The molecule has 1 saturated carbocycles. The van der Waals surface area contributed by atoms with Crippen molar-refractivity contribution in [2.75, 3.05) is 13.7 Å². The van der Waals surface area contributed by atoms with Crippen molar-refractivity contribution in [3.05, 3.63) is 28.8 Å². The summed E-state index contributed by atoms with van der Waals surface area (Å²) in [6.07, 6.45) is 4.98. The van der Waals surface area contributed by atoms with E-state index >= 15 is 0 Å². The van der Waals surface area contributed by atoms with Crippen LogP contribution >= 0.6 is 11.6 Å². The summed E-state index contributed by atoms with van der Waals surface area (Å²) in [7, 11) is 1.72.